The first-order chi connectivity index (χ1) is 6.84. The standard InChI is InChI=1S/C10H19N2O2/c1-2-3-4-7-14-10(13)9-8-11-5-6-12-9/h9,11H,2-8H2,1H3. The van der Waals surface area contributed by atoms with E-state index in [1.807, 2.05) is 0 Å². The SMILES string of the molecule is CCCCCOC(=O)C1CNCC[N]1. The van der Waals surface area contributed by atoms with Crippen LogP contribution in [0.5, 0.6) is 0 Å². The van der Waals surface area contributed by atoms with Gasteiger partial charge in [0.15, 0.2) is 0 Å². The number of hydrogen-bond acceptors (Lipinski definition) is 3. The molecule has 1 atom stereocenters. The average molecular weight is 199 g/mol. The lowest BCUT2D eigenvalue weighted by Crippen LogP contribution is -2.49. The summed E-state index contributed by atoms with van der Waals surface area (Å²) in [5.41, 5.74) is 0. The second kappa shape index (κ2) is 6.79. The predicted molar refractivity (Wildman–Crippen MR) is 54.1 cm³/mol. The van der Waals surface area contributed by atoms with Crippen LogP contribution in [0.1, 0.15) is 26.2 Å². The van der Waals surface area contributed by atoms with Crippen LogP contribution in [0.3, 0.4) is 0 Å². The molecule has 0 bridgehead atoms. The smallest absolute Gasteiger partial charge is 0.326 e. The maximum atomic E-state index is 11.4. The van der Waals surface area contributed by atoms with E-state index in [0.29, 0.717) is 19.7 Å². The molecule has 1 aliphatic heterocycles. The van der Waals surface area contributed by atoms with Gasteiger partial charge in [-0.25, -0.2) is 5.32 Å². The van der Waals surface area contributed by atoms with E-state index < -0.39 is 0 Å². The molecule has 1 rings (SSSR count). The van der Waals surface area contributed by atoms with Gasteiger partial charge in [0, 0.05) is 19.6 Å². The highest BCUT2D eigenvalue weighted by atomic mass is 16.5. The molecule has 1 aliphatic rings. The van der Waals surface area contributed by atoms with Crippen LogP contribution in [0, 0.1) is 0 Å². The highest BCUT2D eigenvalue weighted by Crippen LogP contribution is 1.98. The lowest BCUT2D eigenvalue weighted by Gasteiger charge is -2.20. The first-order valence-electron chi connectivity index (χ1n) is 5.38. The molecule has 1 unspecified atom stereocenters. The minimum atomic E-state index is -0.273. The van der Waals surface area contributed by atoms with Crippen molar-refractivity contribution in [2.75, 3.05) is 26.2 Å². The zero-order valence-corrected chi connectivity index (χ0v) is 8.79. The molecule has 1 radical (unpaired) electrons. The van der Waals surface area contributed by atoms with Gasteiger partial charge in [-0.2, -0.15) is 0 Å². The van der Waals surface area contributed by atoms with Crippen molar-refractivity contribution in [2.24, 2.45) is 0 Å². The van der Waals surface area contributed by atoms with Crippen LogP contribution < -0.4 is 10.6 Å². The normalized spacial score (nSPS) is 21.9. The van der Waals surface area contributed by atoms with Crippen molar-refractivity contribution >= 4 is 5.97 Å². The fourth-order valence-corrected chi connectivity index (χ4v) is 1.38. The molecule has 0 aromatic heterocycles. The maximum Gasteiger partial charge on any atom is 0.326 e. The Morgan fingerprint density at radius 2 is 2.43 bits per heavy atom. The number of ether oxygens (including phenoxy) is 1. The van der Waals surface area contributed by atoms with E-state index >= 15 is 0 Å². The number of hydrogen-bond donors (Lipinski definition) is 1. The second-order valence-electron chi connectivity index (χ2n) is 3.50. The van der Waals surface area contributed by atoms with Crippen molar-refractivity contribution in [3.05, 3.63) is 0 Å². The number of unbranched alkanes of at least 4 members (excludes halogenated alkanes) is 2. The number of carbonyl (C=O) groups excluding carboxylic acids is 1. The van der Waals surface area contributed by atoms with Crippen LogP contribution in [-0.4, -0.2) is 38.3 Å². The highest BCUT2D eigenvalue weighted by Gasteiger charge is 2.22. The summed E-state index contributed by atoms with van der Waals surface area (Å²) in [6.45, 7) is 4.89. The Labute approximate surface area is 85.4 Å². The number of esters is 1. The molecular formula is C10H19N2O2. The van der Waals surface area contributed by atoms with Gasteiger partial charge >= 0.3 is 5.97 Å². The first kappa shape index (κ1) is 11.5. The summed E-state index contributed by atoms with van der Waals surface area (Å²) in [7, 11) is 0. The topological polar surface area (TPSA) is 52.4 Å². The Balaban J connectivity index is 2.07. The third-order valence-electron chi connectivity index (χ3n) is 2.24. The summed E-state index contributed by atoms with van der Waals surface area (Å²) < 4.78 is 5.11. The number of piperazine rings is 1. The molecule has 1 heterocycles. The zero-order chi connectivity index (χ0) is 10.2. The summed E-state index contributed by atoms with van der Waals surface area (Å²) in [6.07, 6.45) is 3.22. The molecule has 0 aliphatic carbocycles. The van der Waals surface area contributed by atoms with Gasteiger partial charge in [-0.1, -0.05) is 19.8 Å². The molecule has 0 amide bonds. The monoisotopic (exact) mass is 199 g/mol. The molecule has 0 saturated carbocycles. The fourth-order valence-electron chi connectivity index (χ4n) is 1.38. The molecule has 1 fully saturated rings. The Kier molecular flexibility index (Phi) is 5.56. The number of rotatable bonds is 5. The van der Waals surface area contributed by atoms with E-state index in [-0.39, 0.29) is 12.0 Å². The second-order valence-corrected chi connectivity index (χ2v) is 3.50. The summed E-state index contributed by atoms with van der Waals surface area (Å²) in [5.74, 6) is -0.173. The van der Waals surface area contributed by atoms with E-state index in [2.05, 4.69) is 17.6 Å². The van der Waals surface area contributed by atoms with Gasteiger partial charge in [0.2, 0.25) is 0 Å². The van der Waals surface area contributed by atoms with E-state index in [9.17, 15) is 4.79 Å². The van der Waals surface area contributed by atoms with Crippen LogP contribution in [-0.2, 0) is 9.53 Å². The van der Waals surface area contributed by atoms with E-state index in [0.717, 1.165) is 25.8 Å². The summed E-state index contributed by atoms with van der Waals surface area (Å²) in [4.78, 5) is 11.4. The molecule has 0 spiro atoms. The molecule has 1 saturated heterocycles. The van der Waals surface area contributed by atoms with Crippen molar-refractivity contribution in [1.29, 1.82) is 0 Å². The van der Waals surface area contributed by atoms with Crippen LogP contribution in [0.15, 0.2) is 0 Å². The van der Waals surface area contributed by atoms with Gasteiger partial charge in [-0.15, -0.1) is 0 Å². The van der Waals surface area contributed by atoms with Crippen LogP contribution in [0.25, 0.3) is 0 Å². The zero-order valence-electron chi connectivity index (χ0n) is 8.79. The number of carbonyl (C=O) groups is 1. The molecular weight excluding hydrogens is 180 g/mol. The van der Waals surface area contributed by atoms with Crippen molar-refractivity contribution in [2.45, 2.75) is 32.2 Å². The Morgan fingerprint density at radius 1 is 1.57 bits per heavy atom. The van der Waals surface area contributed by atoms with Crippen molar-refractivity contribution in [1.82, 2.24) is 10.6 Å². The van der Waals surface area contributed by atoms with Crippen LogP contribution in [0.4, 0.5) is 0 Å². The quantitative estimate of drug-likeness (QED) is 0.511. The van der Waals surface area contributed by atoms with Gasteiger partial charge < -0.3 is 10.1 Å². The molecule has 81 valence electrons. The van der Waals surface area contributed by atoms with E-state index in [1.165, 1.54) is 0 Å². The van der Waals surface area contributed by atoms with Gasteiger partial charge in [0.05, 0.1) is 6.61 Å². The van der Waals surface area contributed by atoms with Crippen molar-refractivity contribution in [3.63, 3.8) is 0 Å². The van der Waals surface area contributed by atoms with E-state index in [4.69, 9.17) is 4.74 Å². The highest BCUT2D eigenvalue weighted by molar-refractivity contribution is 5.76. The third kappa shape index (κ3) is 4.07. The molecule has 14 heavy (non-hydrogen) atoms. The van der Waals surface area contributed by atoms with Crippen molar-refractivity contribution < 1.29 is 9.53 Å². The Morgan fingerprint density at radius 3 is 3.07 bits per heavy atom. The third-order valence-corrected chi connectivity index (χ3v) is 2.24. The maximum absolute atomic E-state index is 11.4. The first-order valence-corrected chi connectivity index (χ1v) is 5.38. The molecule has 1 N–H and O–H groups in total. The van der Waals surface area contributed by atoms with E-state index in [1.54, 1.807) is 0 Å². The summed E-state index contributed by atoms with van der Waals surface area (Å²) in [5, 5.41) is 7.31. The van der Waals surface area contributed by atoms with Gasteiger partial charge in [-0.3, -0.25) is 4.79 Å². The van der Waals surface area contributed by atoms with Crippen molar-refractivity contribution in [3.8, 4) is 0 Å². The molecule has 0 aromatic rings. The summed E-state index contributed by atoms with van der Waals surface area (Å²) >= 11 is 0. The van der Waals surface area contributed by atoms with Gasteiger partial charge in [-0.05, 0) is 6.42 Å². The van der Waals surface area contributed by atoms with Crippen LogP contribution >= 0.6 is 0 Å². The lowest BCUT2D eigenvalue weighted by atomic mass is 10.2. The number of nitrogens with zero attached hydrogens (tertiary/aromatic N) is 1. The molecule has 4 nitrogen and oxygen atoms in total. The Hall–Kier alpha value is -0.610. The number of nitrogens with one attached hydrogen (secondary N) is 1. The molecule has 0 aromatic carbocycles. The predicted octanol–water partition coefficient (Wildman–Crippen LogP) is 0.296. The largest absolute Gasteiger partial charge is 0.464 e. The fraction of sp³-hybridized carbons (Fsp3) is 0.900. The Bertz CT molecular complexity index is 168. The van der Waals surface area contributed by atoms with Gasteiger partial charge in [0.1, 0.15) is 6.04 Å². The minimum absolute atomic E-state index is 0.173. The minimum Gasteiger partial charge on any atom is -0.464 e. The van der Waals surface area contributed by atoms with Crippen LogP contribution in [0.2, 0.25) is 0 Å². The lowest BCUT2D eigenvalue weighted by molar-refractivity contribution is -0.146. The molecule has 4 heteroatoms. The summed E-state index contributed by atoms with van der Waals surface area (Å²) in [6, 6.07) is -0.273. The average Bonchev–Trinajstić information content (AvgIpc) is 2.25. The van der Waals surface area contributed by atoms with Gasteiger partial charge in [0.25, 0.3) is 0 Å².